The SMILES string of the molecule is COc1cccc(-n2c(C)cc([C@@H]3[C@H](c4ccccn4)NC(=S)N3CC(=O)Nc3ccccc3)c2C)c1. The Hall–Kier alpha value is -4.17. The standard InChI is InChI=1S/C29H29N5O2S/c1-19-16-24(20(2)34(19)22-12-9-13-23(17-22)36-3)28-27(25-14-7-8-15-30-25)32-29(37)33(28)18-26(35)31-21-10-5-4-6-11-21/h4-17,27-28H,18H2,1-3H3,(H,31,35)(H,32,37)/t27-,28+/m0/s1. The number of thiocarbonyl (C=S) groups is 1. The number of aryl methyl sites for hydroxylation is 1. The van der Waals surface area contributed by atoms with Gasteiger partial charge in [0, 0.05) is 35.0 Å². The number of rotatable bonds is 7. The summed E-state index contributed by atoms with van der Waals surface area (Å²) in [6, 6.07) is 25.0. The first-order valence-corrected chi connectivity index (χ1v) is 12.5. The number of ether oxygens (including phenoxy) is 1. The molecule has 0 spiro atoms. The van der Waals surface area contributed by atoms with Crippen LogP contribution in [0.3, 0.4) is 0 Å². The molecule has 0 bridgehead atoms. The van der Waals surface area contributed by atoms with Gasteiger partial charge in [-0.25, -0.2) is 0 Å². The first kappa shape index (κ1) is 24.5. The second-order valence-corrected chi connectivity index (χ2v) is 9.42. The number of hydrogen-bond donors (Lipinski definition) is 2. The van der Waals surface area contributed by atoms with Crippen LogP contribution in [0.5, 0.6) is 5.75 Å². The monoisotopic (exact) mass is 511 g/mol. The number of amides is 1. The quantitative estimate of drug-likeness (QED) is 0.336. The Balaban J connectivity index is 1.54. The third kappa shape index (κ3) is 4.93. The summed E-state index contributed by atoms with van der Waals surface area (Å²) in [5.74, 6) is 0.657. The summed E-state index contributed by atoms with van der Waals surface area (Å²) in [6.45, 7) is 4.29. The number of para-hydroxylation sites is 1. The smallest absolute Gasteiger partial charge is 0.244 e. The number of carbonyl (C=O) groups is 1. The lowest BCUT2D eigenvalue weighted by Crippen LogP contribution is -2.37. The maximum absolute atomic E-state index is 13.1. The molecule has 2 atom stereocenters. The summed E-state index contributed by atoms with van der Waals surface area (Å²) in [4.78, 5) is 19.7. The van der Waals surface area contributed by atoms with E-state index in [1.165, 1.54) is 0 Å². The highest BCUT2D eigenvalue weighted by molar-refractivity contribution is 7.80. The molecule has 5 rings (SSSR count). The van der Waals surface area contributed by atoms with Crippen molar-refractivity contribution in [1.29, 1.82) is 0 Å². The van der Waals surface area contributed by atoms with Gasteiger partial charge in [0.15, 0.2) is 5.11 Å². The summed E-state index contributed by atoms with van der Waals surface area (Å²) in [6.07, 6.45) is 1.78. The minimum absolute atomic E-state index is 0.109. The first-order valence-electron chi connectivity index (χ1n) is 12.1. The number of carbonyl (C=O) groups excluding carboxylic acids is 1. The highest BCUT2D eigenvalue weighted by Gasteiger charge is 2.42. The minimum Gasteiger partial charge on any atom is -0.497 e. The normalized spacial score (nSPS) is 16.9. The van der Waals surface area contributed by atoms with Crippen LogP contribution in [-0.4, -0.2) is 39.1 Å². The second kappa shape index (κ2) is 10.4. The van der Waals surface area contributed by atoms with Crippen molar-refractivity contribution in [3.05, 3.63) is 108 Å². The molecule has 1 saturated heterocycles. The number of benzene rings is 2. The highest BCUT2D eigenvalue weighted by Crippen LogP contribution is 2.41. The van der Waals surface area contributed by atoms with Gasteiger partial charge in [0.25, 0.3) is 0 Å². The number of methoxy groups -OCH3 is 1. The lowest BCUT2D eigenvalue weighted by atomic mass is 9.96. The number of aromatic nitrogens is 2. The van der Waals surface area contributed by atoms with Crippen molar-refractivity contribution >= 4 is 28.9 Å². The Kier molecular flexibility index (Phi) is 6.92. The van der Waals surface area contributed by atoms with Gasteiger partial charge in [-0.3, -0.25) is 9.78 Å². The van der Waals surface area contributed by atoms with E-state index in [0.29, 0.717) is 5.11 Å². The van der Waals surface area contributed by atoms with E-state index in [1.54, 1.807) is 13.3 Å². The molecule has 7 nitrogen and oxygen atoms in total. The van der Waals surface area contributed by atoms with Crippen LogP contribution in [0.15, 0.2) is 85.1 Å². The van der Waals surface area contributed by atoms with Gasteiger partial charge in [-0.1, -0.05) is 30.3 Å². The van der Waals surface area contributed by atoms with Gasteiger partial charge in [0.2, 0.25) is 5.91 Å². The highest BCUT2D eigenvalue weighted by atomic mass is 32.1. The lowest BCUT2D eigenvalue weighted by Gasteiger charge is -2.27. The molecule has 1 fully saturated rings. The van der Waals surface area contributed by atoms with Gasteiger partial charge in [-0.05, 0) is 74.1 Å². The van der Waals surface area contributed by atoms with Gasteiger partial charge in [-0.15, -0.1) is 0 Å². The van der Waals surface area contributed by atoms with Crippen molar-refractivity contribution in [2.75, 3.05) is 19.0 Å². The van der Waals surface area contributed by atoms with E-state index in [1.807, 2.05) is 71.6 Å². The predicted octanol–water partition coefficient (Wildman–Crippen LogP) is 5.11. The van der Waals surface area contributed by atoms with Crippen molar-refractivity contribution in [3.63, 3.8) is 0 Å². The van der Waals surface area contributed by atoms with Gasteiger partial charge in [0.05, 0.1) is 24.9 Å². The molecule has 0 saturated carbocycles. The number of hydrogen-bond acceptors (Lipinski definition) is 4. The molecule has 2 aromatic carbocycles. The molecule has 188 valence electrons. The van der Waals surface area contributed by atoms with Gasteiger partial charge in [0.1, 0.15) is 12.3 Å². The van der Waals surface area contributed by atoms with Crippen LogP contribution >= 0.6 is 12.2 Å². The van der Waals surface area contributed by atoms with Crippen LogP contribution in [0.4, 0.5) is 5.69 Å². The summed E-state index contributed by atoms with van der Waals surface area (Å²) >= 11 is 5.77. The lowest BCUT2D eigenvalue weighted by molar-refractivity contribution is -0.116. The molecule has 3 heterocycles. The molecular weight excluding hydrogens is 482 g/mol. The second-order valence-electron chi connectivity index (χ2n) is 9.03. The summed E-state index contributed by atoms with van der Waals surface area (Å²) in [7, 11) is 1.67. The molecule has 0 unspecified atom stereocenters. The topological polar surface area (TPSA) is 71.4 Å². The zero-order valence-corrected chi connectivity index (χ0v) is 21.8. The molecule has 1 aliphatic heterocycles. The number of nitrogens with zero attached hydrogens (tertiary/aromatic N) is 3. The molecule has 1 amide bonds. The maximum atomic E-state index is 13.1. The number of pyridine rings is 1. The van der Waals surface area contributed by atoms with Crippen LogP contribution in [0.2, 0.25) is 0 Å². The third-order valence-corrected chi connectivity index (χ3v) is 7.02. The summed E-state index contributed by atoms with van der Waals surface area (Å²) < 4.78 is 7.67. The Morgan fingerprint density at radius 1 is 1.05 bits per heavy atom. The van der Waals surface area contributed by atoms with Crippen molar-refractivity contribution < 1.29 is 9.53 Å². The Morgan fingerprint density at radius 3 is 2.57 bits per heavy atom. The van der Waals surface area contributed by atoms with E-state index in [2.05, 4.69) is 46.2 Å². The number of nitrogens with one attached hydrogen (secondary N) is 2. The van der Waals surface area contributed by atoms with Crippen LogP contribution in [0.25, 0.3) is 5.69 Å². The molecule has 37 heavy (non-hydrogen) atoms. The maximum Gasteiger partial charge on any atom is 0.244 e. The van der Waals surface area contributed by atoms with E-state index in [9.17, 15) is 4.79 Å². The molecule has 0 aliphatic carbocycles. The molecule has 2 aromatic heterocycles. The van der Waals surface area contributed by atoms with Crippen molar-refractivity contribution in [1.82, 2.24) is 19.8 Å². The first-order chi connectivity index (χ1) is 18.0. The molecule has 2 N–H and O–H groups in total. The number of anilines is 1. The molecule has 4 aromatic rings. The molecule has 1 aliphatic rings. The largest absolute Gasteiger partial charge is 0.497 e. The van der Waals surface area contributed by atoms with E-state index in [-0.39, 0.29) is 24.5 Å². The third-order valence-electron chi connectivity index (χ3n) is 6.67. The summed E-state index contributed by atoms with van der Waals surface area (Å²) in [5, 5.41) is 6.94. The van der Waals surface area contributed by atoms with Crippen LogP contribution in [0.1, 0.15) is 34.7 Å². The predicted molar refractivity (Wildman–Crippen MR) is 149 cm³/mol. The summed E-state index contributed by atoms with van der Waals surface area (Å²) in [5.41, 5.74) is 5.85. The van der Waals surface area contributed by atoms with E-state index in [0.717, 1.165) is 39.8 Å². The van der Waals surface area contributed by atoms with E-state index < -0.39 is 0 Å². The van der Waals surface area contributed by atoms with Crippen molar-refractivity contribution in [2.24, 2.45) is 0 Å². The van der Waals surface area contributed by atoms with Crippen molar-refractivity contribution in [3.8, 4) is 11.4 Å². The minimum atomic E-state index is -0.227. The zero-order chi connectivity index (χ0) is 25.9. The zero-order valence-electron chi connectivity index (χ0n) is 21.0. The fraction of sp³-hybridized carbons (Fsp3) is 0.207. The molecule has 0 radical (unpaired) electrons. The van der Waals surface area contributed by atoms with Crippen LogP contribution in [0, 0.1) is 13.8 Å². The van der Waals surface area contributed by atoms with Gasteiger partial charge < -0.3 is 24.8 Å². The van der Waals surface area contributed by atoms with Gasteiger partial charge >= 0.3 is 0 Å². The molecular formula is C29H29N5O2S. The Labute approximate surface area is 222 Å². The Bertz CT molecular complexity index is 1420. The van der Waals surface area contributed by atoms with Crippen LogP contribution < -0.4 is 15.4 Å². The Morgan fingerprint density at radius 2 is 1.84 bits per heavy atom. The molecule has 8 heteroatoms. The average molecular weight is 512 g/mol. The van der Waals surface area contributed by atoms with Gasteiger partial charge in [-0.2, -0.15) is 0 Å². The van der Waals surface area contributed by atoms with Crippen LogP contribution in [-0.2, 0) is 4.79 Å². The van der Waals surface area contributed by atoms with Crippen molar-refractivity contribution in [2.45, 2.75) is 25.9 Å². The van der Waals surface area contributed by atoms with E-state index >= 15 is 0 Å². The fourth-order valence-electron chi connectivity index (χ4n) is 5.03. The average Bonchev–Trinajstić information content (AvgIpc) is 3.39. The van der Waals surface area contributed by atoms with E-state index in [4.69, 9.17) is 17.0 Å². The fourth-order valence-corrected chi connectivity index (χ4v) is 5.33.